The predicted octanol–water partition coefficient (Wildman–Crippen LogP) is 2.33. The molecule has 1 N–H and O–H groups in total. The van der Waals surface area contributed by atoms with E-state index in [2.05, 4.69) is 15.3 Å². The number of oxime groups is 1. The topological polar surface area (TPSA) is 33.6 Å². The van der Waals surface area contributed by atoms with Gasteiger partial charge in [-0.25, -0.2) is 0 Å². The molecule has 1 unspecified atom stereocenters. The molecule has 17 heavy (non-hydrogen) atoms. The standard InChI is InChI=1S/C11H17F3N2O/c1-17-16-9-8(11(12,13)14)2-3-10(9)4-6-15-7-5-10/h8,15H,2-7H2,1H3. The highest BCUT2D eigenvalue weighted by Crippen LogP contribution is 2.50. The minimum Gasteiger partial charge on any atom is -0.399 e. The average molecular weight is 250 g/mol. The Morgan fingerprint density at radius 3 is 2.47 bits per heavy atom. The summed E-state index contributed by atoms with van der Waals surface area (Å²) in [4.78, 5) is 4.65. The number of alkyl halides is 3. The molecule has 1 aliphatic carbocycles. The maximum absolute atomic E-state index is 12.9. The number of hydrogen-bond acceptors (Lipinski definition) is 3. The van der Waals surface area contributed by atoms with Gasteiger partial charge >= 0.3 is 6.18 Å². The predicted molar refractivity (Wildman–Crippen MR) is 57.8 cm³/mol. The van der Waals surface area contributed by atoms with Crippen LogP contribution in [0, 0.1) is 11.3 Å². The van der Waals surface area contributed by atoms with E-state index in [0.29, 0.717) is 6.42 Å². The van der Waals surface area contributed by atoms with Crippen LogP contribution in [-0.2, 0) is 4.84 Å². The van der Waals surface area contributed by atoms with Crippen molar-refractivity contribution in [3.05, 3.63) is 0 Å². The quantitative estimate of drug-likeness (QED) is 0.725. The second-order valence-electron chi connectivity index (χ2n) is 4.82. The third-order valence-corrected chi connectivity index (χ3v) is 3.93. The highest BCUT2D eigenvalue weighted by Gasteiger charge is 2.56. The largest absolute Gasteiger partial charge is 0.399 e. The molecule has 0 aromatic carbocycles. The van der Waals surface area contributed by atoms with Gasteiger partial charge in [0.1, 0.15) is 7.11 Å². The maximum atomic E-state index is 12.9. The van der Waals surface area contributed by atoms with Gasteiger partial charge in [-0.2, -0.15) is 13.2 Å². The normalized spacial score (nSPS) is 31.1. The Balaban J connectivity index is 2.27. The fourth-order valence-electron chi connectivity index (χ4n) is 3.04. The summed E-state index contributed by atoms with van der Waals surface area (Å²) < 4.78 is 38.8. The van der Waals surface area contributed by atoms with Crippen LogP contribution < -0.4 is 5.32 Å². The first-order valence-electron chi connectivity index (χ1n) is 5.88. The lowest BCUT2D eigenvalue weighted by Gasteiger charge is -2.34. The van der Waals surface area contributed by atoms with Crippen LogP contribution >= 0.6 is 0 Å². The fraction of sp³-hybridized carbons (Fsp3) is 0.909. The molecule has 0 aromatic heterocycles. The van der Waals surface area contributed by atoms with E-state index in [-0.39, 0.29) is 17.5 Å². The first kappa shape index (κ1) is 12.7. The molecule has 0 bridgehead atoms. The number of hydrogen-bond donors (Lipinski definition) is 1. The van der Waals surface area contributed by atoms with E-state index in [9.17, 15) is 13.2 Å². The number of piperidine rings is 1. The van der Waals surface area contributed by atoms with Gasteiger partial charge in [0.15, 0.2) is 0 Å². The fourth-order valence-corrected chi connectivity index (χ4v) is 3.04. The van der Waals surface area contributed by atoms with E-state index in [1.165, 1.54) is 7.11 Å². The summed E-state index contributed by atoms with van der Waals surface area (Å²) in [7, 11) is 1.31. The first-order chi connectivity index (χ1) is 7.99. The number of rotatable bonds is 1. The van der Waals surface area contributed by atoms with Crippen LogP contribution in [0.2, 0.25) is 0 Å². The van der Waals surface area contributed by atoms with Crippen LogP contribution in [0.25, 0.3) is 0 Å². The zero-order valence-electron chi connectivity index (χ0n) is 9.81. The molecule has 1 saturated carbocycles. The molecule has 0 aromatic rings. The van der Waals surface area contributed by atoms with Crippen molar-refractivity contribution in [3.8, 4) is 0 Å². The molecule has 1 aliphatic heterocycles. The van der Waals surface area contributed by atoms with Crippen LogP contribution in [-0.4, -0.2) is 32.1 Å². The van der Waals surface area contributed by atoms with Gasteiger partial charge in [-0.1, -0.05) is 5.16 Å². The molecule has 0 amide bonds. The Morgan fingerprint density at radius 2 is 1.94 bits per heavy atom. The Morgan fingerprint density at radius 1 is 1.29 bits per heavy atom. The molecule has 3 nitrogen and oxygen atoms in total. The van der Waals surface area contributed by atoms with Gasteiger partial charge < -0.3 is 10.2 Å². The van der Waals surface area contributed by atoms with Gasteiger partial charge in [0, 0.05) is 5.41 Å². The lowest BCUT2D eigenvalue weighted by atomic mass is 9.75. The minimum absolute atomic E-state index is 0.145. The Labute approximate surface area is 98.4 Å². The van der Waals surface area contributed by atoms with E-state index < -0.39 is 12.1 Å². The van der Waals surface area contributed by atoms with Gasteiger partial charge in [0.25, 0.3) is 0 Å². The number of halogens is 3. The van der Waals surface area contributed by atoms with Crippen LogP contribution in [0.15, 0.2) is 5.16 Å². The SMILES string of the molecule is CON=C1C(C(F)(F)F)CCC12CCNCC2. The van der Waals surface area contributed by atoms with Gasteiger partial charge in [-0.3, -0.25) is 0 Å². The van der Waals surface area contributed by atoms with Crippen molar-refractivity contribution in [2.24, 2.45) is 16.5 Å². The summed E-state index contributed by atoms with van der Waals surface area (Å²) in [6.07, 6.45) is -2.04. The van der Waals surface area contributed by atoms with E-state index in [1.807, 2.05) is 0 Å². The van der Waals surface area contributed by atoms with Crippen molar-refractivity contribution in [2.45, 2.75) is 31.9 Å². The van der Waals surface area contributed by atoms with Crippen molar-refractivity contribution in [1.29, 1.82) is 0 Å². The van der Waals surface area contributed by atoms with Gasteiger partial charge in [0.05, 0.1) is 11.6 Å². The molecule has 6 heteroatoms. The summed E-state index contributed by atoms with van der Waals surface area (Å²) >= 11 is 0. The molecule has 98 valence electrons. The zero-order valence-corrected chi connectivity index (χ0v) is 9.81. The van der Waals surface area contributed by atoms with Crippen LogP contribution in [0.3, 0.4) is 0 Å². The highest BCUT2D eigenvalue weighted by molar-refractivity contribution is 5.94. The van der Waals surface area contributed by atoms with Crippen LogP contribution in [0.5, 0.6) is 0 Å². The smallest absolute Gasteiger partial charge is 0.397 e. The van der Waals surface area contributed by atoms with Crippen molar-refractivity contribution in [3.63, 3.8) is 0 Å². The molecule has 1 saturated heterocycles. The molecule has 2 fully saturated rings. The third kappa shape index (κ3) is 2.27. The molecule has 2 aliphatic rings. The van der Waals surface area contributed by atoms with Crippen LogP contribution in [0.4, 0.5) is 13.2 Å². The van der Waals surface area contributed by atoms with Gasteiger partial charge in [-0.05, 0) is 38.8 Å². The second kappa shape index (κ2) is 4.48. The highest BCUT2D eigenvalue weighted by atomic mass is 19.4. The van der Waals surface area contributed by atoms with Gasteiger partial charge in [0.2, 0.25) is 0 Å². The van der Waals surface area contributed by atoms with Crippen molar-refractivity contribution >= 4 is 5.71 Å². The van der Waals surface area contributed by atoms with Crippen molar-refractivity contribution < 1.29 is 18.0 Å². The van der Waals surface area contributed by atoms with E-state index >= 15 is 0 Å². The number of nitrogens with one attached hydrogen (secondary N) is 1. The molecule has 0 radical (unpaired) electrons. The molecule has 1 atom stereocenters. The second-order valence-corrected chi connectivity index (χ2v) is 4.82. The molecule has 1 heterocycles. The Bertz CT molecular complexity index is 308. The molecular weight excluding hydrogens is 233 g/mol. The molecular formula is C11H17F3N2O. The van der Waals surface area contributed by atoms with Crippen LogP contribution in [0.1, 0.15) is 25.7 Å². The summed E-state index contributed by atoms with van der Waals surface area (Å²) in [6, 6.07) is 0. The minimum atomic E-state index is -4.20. The Kier molecular flexibility index (Phi) is 3.34. The molecule has 1 spiro atoms. The maximum Gasteiger partial charge on any atom is 0.397 e. The zero-order chi connectivity index (χ0) is 12.5. The Hall–Kier alpha value is -0.780. The number of nitrogens with zero attached hydrogens (tertiary/aromatic N) is 1. The van der Waals surface area contributed by atoms with Gasteiger partial charge in [-0.15, -0.1) is 0 Å². The monoisotopic (exact) mass is 250 g/mol. The summed E-state index contributed by atoms with van der Waals surface area (Å²) in [5.41, 5.74) is -0.171. The van der Waals surface area contributed by atoms with E-state index in [0.717, 1.165) is 25.9 Å². The summed E-state index contributed by atoms with van der Waals surface area (Å²) in [5.74, 6) is -1.42. The average Bonchev–Trinajstić information content (AvgIpc) is 2.59. The lowest BCUT2D eigenvalue weighted by molar-refractivity contribution is -0.155. The first-order valence-corrected chi connectivity index (χ1v) is 5.88. The third-order valence-electron chi connectivity index (χ3n) is 3.93. The summed E-state index contributed by atoms with van der Waals surface area (Å²) in [5, 5.41) is 6.89. The molecule has 2 rings (SSSR count). The summed E-state index contributed by atoms with van der Waals surface area (Å²) in [6.45, 7) is 1.51. The van der Waals surface area contributed by atoms with Crippen molar-refractivity contribution in [1.82, 2.24) is 5.32 Å². The van der Waals surface area contributed by atoms with Crippen molar-refractivity contribution in [2.75, 3.05) is 20.2 Å². The lowest BCUT2D eigenvalue weighted by Crippen LogP contribution is -2.42. The van der Waals surface area contributed by atoms with E-state index in [4.69, 9.17) is 0 Å². The van der Waals surface area contributed by atoms with E-state index in [1.54, 1.807) is 0 Å².